The standard InChI is InChI=1S/C13H11BrN2O3/c14-11-5-10(15)7-16(12(11)17)6-8-1-3-9(4-2-8)13(18)19/h1-5,7H,6,15H2,(H,18,19). The van der Waals surface area contributed by atoms with Crippen LogP contribution >= 0.6 is 15.9 Å². The van der Waals surface area contributed by atoms with Crippen LogP contribution in [0.4, 0.5) is 5.69 Å². The van der Waals surface area contributed by atoms with Gasteiger partial charge in [0.05, 0.1) is 16.6 Å². The van der Waals surface area contributed by atoms with Gasteiger partial charge >= 0.3 is 5.97 Å². The van der Waals surface area contributed by atoms with Crippen molar-refractivity contribution in [1.29, 1.82) is 0 Å². The highest BCUT2D eigenvalue weighted by molar-refractivity contribution is 9.10. The van der Waals surface area contributed by atoms with Gasteiger partial charge in [0.25, 0.3) is 5.56 Å². The van der Waals surface area contributed by atoms with Gasteiger partial charge < -0.3 is 15.4 Å². The Morgan fingerprint density at radius 2 is 1.95 bits per heavy atom. The Balaban J connectivity index is 2.31. The van der Waals surface area contributed by atoms with Gasteiger partial charge in [0.2, 0.25) is 0 Å². The van der Waals surface area contributed by atoms with E-state index in [9.17, 15) is 9.59 Å². The Hall–Kier alpha value is -2.08. The number of nitrogens with two attached hydrogens (primary N) is 1. The molecule has 3 N–H and O–H groups in total. The molecule has 0 saturated heterocycles. The van der Waals surface area contributed by atoms with E-state index < -0.39 is 5.97 Å². The highest BCUT2D eigenvalue weighted by atomic mass is 79.9. The van der Waals surface area contributed by atoms with Gasteiger partial charge in [-0.05, 0) is 39.7 Å². The smallest absolute Gasteiger partial charge is 0.335 e. The number of benzene rings is 1. The van der Waals surface area contributed by atoms with Crippen LogP contribution in [0, 0.1) is 0 Å². The molecule has 98 valence electrons. The van der Waals surface area contributed by atoms with E-state index in [-0.39, 0.29) is 11.1 Å². The molecule has 0 aliphatic heterocycles. The summed E-state index contributed by atoms with van der Waals surface area (Å²) in [5.74, 6) is -0.976. The zero-order valence-corrected chi connectivity index (χ0v) is 11.4. The lowest BCUT2D eigenvalue weighted by Crippen LogP contribution is -2.21. The van der Waals surface area contributed by atoms with E-state index in [1.165, 1.54) is 16.7 Å². The summed E-state index contributed by atoms with van der Waals surface area (Å²) in [6.07, 6.45) is 1.55. The third kappa shape index (κ3) is 3.03. The number of hydrogen-bond donors (Lipinski definition) is 2. The van der Waals surface area contributed by atoms with E-state index in [4.69, 9.17) is 10.8 Å². The molecule has 0 aliphatic carbocycles. The average molecular weight is 323 g/mol. The Kier molecular flexibility index (Phi) is 3.71. The van der Waals surface area contributed by atoms with E-state index >= 15 is 0 Å². The van der Waals surface area contributed by atoms with E-state index in [1.54, 1.807) is 24.4 Å². The normalized spacial score (nSPS) is 10.4. The number of anilines is 1. The molecule has 0 unspecified atom stereocenters. The summed E-state index contributed by atoms with van der Waals surface area (Å²) < 4.78 is 1.87. The summed E-state index contributed by atoms with van der Waals surface area (Å²) in [4.78, 5) is 22.6. The van der Waals surface area contributed by atoms with Crippen molar-refractivity contribution in [2.45, 2.75) is 6.54 Å². The van der Waals surface area contributed by atoms with Crippen molar-refractivity contribution in [2.24, 2.45) is 0 Å². The van der Waals surface area contributed by atoms with Gasteiger partial charge in [0.1, 0.15) is 0 Å². The number of aromatic carboxylic acids is 1. The van der Waals surface area contributed by atoms with Crippen LogP contribution in [0.15, 0.2) is 45.8 Å². The Morgan fingerprint density at radius 1 is 1.32 bits per heavy atom. The van der Waals surface area contributed by atoms with Crippen LogP contribution in [0.5, 0.6) is 0 Å². The van der Waals surface area contributed by atoms with Crippen molar-refractivity contribution in [2.75, 3.05) is 5.73 Å². The van der Waals surface area contributed by atoms with Crippen LogP contribution in [0.1, 0.15) is 15.9 Å². The first-order chi connectivity index (χ1) is 8.97. The fraction of sp³-hybridized carbons (Fsp3) is 0.0769. The van der Waals surface area contributed by atoms with Crippen LogP contribution < -0.4 is 11.3 Å². The number of halogens is 1. The quantitative estimate of drug-likeness (QED) is 0.904. The molecule has 0 radical (unpaired) electrons. The lowest BCUT2D eigenvalue weighted by molar-refractivity contribution is 0.0697. The molecule has 0 amide bonds. The predicted octanol–water partition coefficient (Wildman–Crippen LogP) is 1.94. The number of nitrogen functional groups attached to an aromatic ring is 1. The topological polar surface area (TPSA) is 85.3 Å². The van der Waals surface area contributed by atoms with E-state index in [0.29, 0.717) is 16.7 Å². The summed E-state index contributed by atoms with van der Waals surface area (Å²) in [7, 11) is 0. The summed E-state index contributed by atoms with van der Waals surface area (Å²) in [5, 5.41) is 8.80. The van der Waals surface area contributed by atoms with Crippen molar-refractivity contribution in [3.8, 4) is 0 Å². The highest BCUT2D eigenvalue weighted by Gasteiger charge is 2.05. The minimum atomic E-state index is -0.976. The molecule has 0 atom stereocenters. The molecular weight excluding hydrogens is 312 g/mol. The fourth-order valence-electron chi connectivity index (χ4n) is 1.69. The maximum absolute atomic E-state index is 11.9. The number of rotatable bonds is 3. The molecule has 0 fully saturated rings. The Labute approximate surface area is 117 Å². The van der Waals surface area contributed by atoms with Gasteiger partial charge in [-0.15, -0.1) is 0 Å². The van der Waals surface area contributed by atoms with Crippen LogP contribution in [0.25, 0.3) is 0 Å². The highest BCUT2D eigenvalue weighted by Crippen LogP contribution is 2.11. The van der Waals surface area contributed by atoms with Crippen LogP contribution in [-0.2, 0) is 6.54 Å². The Bertz CT molecular complexity index is 677. The molecule has 0 spiro atoms. The molecule has 1 heterocycles. The molecule has 6 heteroatoms. The maximum atomic E-state index is 11.9. The van der Waals surface area contributed by atoms with Gasteiger partial charge in [0.15, 0.2) is 0 Å². The molecule has 0 aliphatic rings. The number of nitrogens with zero attached hydrogens (tertiary/aromatic N) is 1. The summed E-state index contributed by atoms with van der Waals surface area (Å²) >= 11 is 3.15. The van der Waals surface area contributed by atoms with E-state index in [0.717, 1.165) is 5.56 Å². The summed E-state index contributed by atoms with van der Waals surface area (Å²) in [6, 6.07) is 7.90. The first kappa shape index (κ1) is 13.4. The molecule has 19 heavy (non-hydrogen) atoms. The minimum Gasteiger partial charge on any atom is -0.478 e. The SMILES string of the molecule is Nc1cc(Br)c(=O)n(Cc2ccc(C(=O)O)cc2)c1. The van der Waals surface area contributed by atoms with Crippen molar-refractivity contribution in [3.05, 3.63) is 62.5 Å². The Morgan fingerprint density at radius 3 is 2.53 bits per heavy atom. The molecule has 2 aromatic rings. The third-order valence-corrected chi connectivity index (χ3v) is 3.19. The minimum absolute atomic E-state index is 0.184. The fourth-order valence-corrected chi connectivity index (χ4v) is 2.18. The monoisotopic (exact) mass is 322 g/mol. The molecule has 2 rings (SSSR count). The van der Waals surface area contributed by atoms with Crippen molar-refractivity contribution >= 4 is 27.6 Å². The average Bonchev–Trinajstić information content (AvgIpc) is 2.36. The largest absolute Gasteiger partial charge is 0.478 e. The lowest BCUT2D eigenvalue weighted by Gasteiger charge is -2.08. The number of carbonyl (C=O) groups is 1. The molecule has 5 nitrogen and oxygen atoms in total. The zero-order valence-electron chi connectivity index (χ0n) is 9.84. The van der Waals surface area contributed by atoms with Crippen molar-refractivity contribution in [3.63, 3.8) is 0 Å². The molecule has 1 aromatic carbocycles. The first-order valence-corrected chi connectivity index (χ1v) is 6.24. The van der Waals surface area contributed by atoms with Crippen molar-refractivity contribution in [1.82, 2.24) is 4.57 Å². The second-order valence-corrected chi connectivity index (χ2v) is 4.91. The lowest BCUT2D eigenvalue weighted by atomic mass is 10.1. The number of carboxylic acids is 1. The third-order valence-electron chi connectivity index (χ3n) is 2.62. The number of carboxylic acid groups (broad SMARTS) is 1. The van der Waals surface area contributed by atoms with E-state index in [1.807, 2.05) is 0 Å². The van der Waals surface area contributed by atoms with Gasteiger partial charge in [-0.25, -0.2) is 4.79 Å². The second-order valence-electron chi connectivity index (χ2n) is 4.06. The number of aromatic nitrogens is 1. The zero-order chi connectivity index (χ0) is 14.0. The van der Waals surface area contributed by atoms with Crippen LogP contribution in [-0.4, -0.2) is 15.6 Å². The second kappa shape index (κ2) is 5.27. The van der Waals surface area contributed by atoms with Gasteiger partial charge in [-0.1, -0.05) is 12.1 Å². The van der Waals surface area contributed by atoms with Crippen LogP contribution in [0.2, 0.25) is 0 Å². The van der Waals surface area contributed by atoms with E-state index in [2.05, 4.69) is 15.9 Å². The summed E-state index contributed by atoms with van der Waals surface area (Å²) in [6.45, 7) is 0.336. The number of hydrogen-bond acceptors (Lipinski definition) is 3. The molecule has 1 aromatic heterocycles. The van der Waals surface area contributed by atoms with Gasteiger partial charge in [-0.3, -0.25) is 4.79 Å². The van der Waals surface area contributed by atoms with Crippen molar-refractivity contribution < 1.29 is 9.90 Å². The molecular formula is C13H11BrN2O3. The number of pyridine rings is 1. The summed E-state index contributed by atoms with van der Waals surface area (Å²) in [5.41, 5.74) is 7.01. The molecule has 0 saturated carbocycles. The van der Waals surface area contributed by atoms with Gasteiger partial charge in [0, 0.05) is 11.9 Å². The first-order valence-electron chi connectivity index (χ1n) is 5.45. The maximum Gasteiger partial charge on any atom is 0.335 e. The predicted molar refractivity (Wildman–Crippen MR) is 75.3 cm³/mol. The van der Waals surface area contributed by atoms with Crippen LogP contribution in [0.3, 0.4) is 0 Å². The van der Waals surface area contributed by atoms with Gasteiger partial charge in [-0.2, -0.15) is 0 Å². The molecule has 0 bridgehead atoms.